The molecule has 2 atom stereocenters. The average molecular weight is 306 g/mol. The topological polar surface area (TPSA) is 48.0 Å². The Morgan fingerprint density at radius 1 is 1.29 bits per heavy atom. The van der Waals surface area contributed by atoms with Gasteiger partial charge in [-0.3, -0.25) is 4.98 Å². The van der Waals surface area contributed by atoms with Gasteiger partial charge in [0.15, 0.2) is 0 Å². The van der Waals surface area contributed by atoms with E-state index < -0.39 is 11.4 Å². The molecule has 0 amide bonds. The fourth-order valence-electron chi connectivity index (χ4n) is 3.82. The SMILES string of the molecule is CC(C)(C)[S+]([O-])N[C@@H]1c2cccnc2CC12CCCCC2. The van der Waals surface area contributed by atoms with E-state index in [9.17, 15) is 4.55 Å². The molecule has 21 heavy (non-hydrogen) atoms. The van der Waals surface area contributed by atoms with Crippen molar-refractivity contribution in [2.75, 3.05) is 0 Å². The van der Waals surface area contributed by atoms with E-state index in [2.05, 4.69) is 15.8 Å². The van der Waals surface area contributed by atoms with Crippen LogP contribution in [0.1, 0.15) is 70.2 Å². The van der Waals surface area contributed by atoms with Gasteiger partial charge in [0.2, 0.25) is 0 Å². The van der Waals surface area contributed by atoms with Crippen LogP contribution in [0, 0.1) is 5.41 Å². The van der Waals surface area contributed by atoms with Crippen molar-refractivity contribution in [2.24, 2.45) is 5.41 Å². The normalized spacial score (nSPS) is 25.8. The van der Waals surface area contributed by atoms with Gasteiger partial charge in [0.1, 0.15) is 4.75 Å². The molecule has 1 aromatic rings. The first-order chi connectivity index (χ1) is 9.92. The molecule has 3 nitrogen and oxygen atoms in total. The Kier molecular flexibility index (Phi) is 4.06. The van der Waals surface area contributed by atoms with Crippen LogP contribution in [0.3, 0.4) is 0 Å². The van der Waals surface area contributed by atoms with E-state index >= 15 is 0 Å². The van der Waals surface area contributed by atoms with E-state index in [1.165, 1.54) is 43.4 Å². The molecule has 4 heteroatoms. The summed E-state index contributed by atoms with van der Waals surface area (Å²) in [6, 6.07) is 4.38. The summed E-state index contributed by atoms with van der Waals surface area (Å²) in [7, 11) is 0. The lowest BCUT2D eigenvalue weighted by Crippen LogP contribution is -2.46. The molecule has 0 aromatic carbocycles. The molecule has 1 aromatic heterocycles. The van der Waals surface area contributed by atoms with Gasteiger partial charge in [-0.2, -0.15) is 0 Å². The van der Waals surface area contributed by atoms with Gasteiger partial charge in [-0.15, -0.1) is 4.72 Å². The Hall–Kier alpha value is -0.580. The van der Waals surface area contributed by atoms with E-state index in [-0.39, 0.29) is 16.2 Å². The second kappa shape index (κ2) is 5.56. The van der Waals surface area contributed by atoms with Crippen molar-refractivity contribution in [1.29, 1.82) is 0 Å². The van der Waals surface area contributed by atoms with Gasteiger partial charge in [-0.1, -0.05) is 25.3 Å². The number of nitrogens with one attached hydrogen (secondary N) is 1. The van der Waals surface area contributed by atoms with Gasteiger partial charge in [-0.25, -0.2) is 0 Å². The maximum atomic E-state index is 12.6. The highest BCUT2D eigenvalue weighted by Crippen LogP contribution is 2.53. The molecule has 0 bridgehead atoms. The zero-order valence-corrected chi connectivity index (χ0v) is 14.1. The van der Waals surface area contributed by atoms with Crippen LogP contribution in [0.25, 0.3) is 0 Å². The number of aromatic nitrogens is 1. The summed E-state index contributed by atoms with van der Waals surface area (Å²) in [5.74, 6) is 0. The van der Waals surface area contributed by atoms with Gasteiger partial charge in [0.25, 0.3) is 0 Å². The largest absolute Gasteiger partial charge is 0.598 e. The predicted octanol–water partition coefficient (Wildman–Crippen LogP) is 3.68. The molecule has 0 aliphatic heterocycles. The number of nitrogens with zero attached hydrogens (tertiary/aromatic N) is 1. The Morgan fingerprint density at radius 3 is 2.67 bits per heavy atom. The summed E-state index contributed by atoms with van der Waals surface area (Å²) < 4.78 is 15.9. The van der Waals surface area contributed by atoms with Crippen LogP contribution in [0.15, 0.2) is 18.3 Å². The molecule has 1 saturated carbocycles. The van der Waals surface area contributed by atoms with Crippen molar-refractivity contribution in [3.63, 3.8) is 0 Å². The standard InChI is InChI=1S/C17H26N2OS/c1-16(2,3)21(20)19-15-13-8-7-11-18-14(13)12-17(15)9-5-4-6-10-17/h7-8,11,15,19H,4-6,9-10,12H2,1-3H3/t15-,21?/m1/s1. The van der Waals surface area contributed by atoms with Crippen molar-refractivity contribution in [3.05, 3.63) is 29.6 Å². The molecule has 116 valence electrons. The highest BCUT2D eigenvalue weighted by atomic mass is 32.2. The fourth-order valence-corrected chi connectivity index (χ4v) is 4.76. The van der Waals surface area contributed by atoms with Gasteiger partial charge in [0, 0.05) is 23.3 Å². The van der Waals surface area contributed by atoms with Crippen molar-refractivity contribution < 1.29 is 4.55 Å². The van der Waals surface area contributed by atoms with E-state index in [1.807, 2.05) is 33.0 Å². The van der Waals surface area contributed by atoms with Crippen LogP contribution in [0.4, 0.5) is 0 Å². The molecular weight excluding hydrogens is 280 g/mol. The first kappa shape index (κ1) is 15.3. The van der Waals surface area contributed by atoms with E-state index in [0.29, 0.717) is 0 Å². The third kappa shape index (κ3) is 2.86. The third-order valence-electron chi connectivity index (χ3n) is 5.00. The van der Waals surface area contributed by atoms with Crippen LogP contribution in [-0.4, -0.2) is 14.3 Å². The second-order valence-corrected chi connectivity index (χ2v) is 9.57. The van der Waals surface area contributed by atoms with Crippen LogP contribution in [0.5, 0.6) is 0 Å². The first-order valence-corrected chi connectivity index (χ1v) is 9.19. The maximum absolute atomic E-state index is 12.6. The molecule has 2 aliphatic carbocycles. The molecule has 1 unspecified atom stereocenters. The number of pyridine rings is 1. The molecule has 1 fully saturated rings. The quantitative estimate of drug-likeness (QED) is 0.848. The summed E-state index contributed by atoms with van der Waals surface area (Å²) in [5, 5.41) is 0. The van der Waals surface area contributed by atoms with Crippen LogP contribution < -0.4 is 4.72 Å². The Labute approximate surface area is 131 Å². The zero-order chi connectivity index (χ0) is 15.1. The monoisotopic (exact) mass is 306 g/mol. The van der Waals surface area contributed by atoms with Gasteiger partial charge in [0.05, 0.1) is 6.04 Å². The number of fused-ring (bicyclic) bond motifs is 1. The zero-order valence-electron chi connectivity index (χ0n) is 13.3. The molecule has 3 rings (SSSR count). The lowest BCUT2D eigenvalue weighted by Gasteiger charge is -2.40. The minimum Gasteiger partial charge on any atom is -0.598 e. The first-order valence-electron chi connectivity index (χ1n) is 8.04. The molecule has 1 spiro atoms. The molecule has 1 heterocycles. The summed E-state index contributed by atoms with van der Waals surface area (Å²) in [4.78, 5) is 4.59. The number of hydrogen-bond acceptors (Lipinski definition) is 3. The van der Waals surface area contributed by atoms with E-state index in [1.54, 1.807) is 0 Å². The van der Waals surface area contributed by atoms with Crippen LogP contribution >= 0.6 is 0 Å². The number of hydrogen-bond donors (Lipinski definition) is 1. The summed E-state index contributed by atoms with van der Waals surface area (Å²) in [6.45, 7) is 6.09. The molecular formula is C17H26N2OS. The second-order valence-electron chi connectivity index (χ2n) is 7.57. The average Bonchev–Trinajstić information content (AvgIpc) is 2.72. The minimum absolute atomic E-state index is 0.196. The van der Waals surface area contributed by atoms with E-state index in [4.69, 9.17) is 0 Å². The smallest absolute Gasteiger partial charge is 0.136 e. The predicted molar refractivity (Wildman–Crippen MR) is 87.2 cm³/mol. The van der Waals surface area contributed by atoms with E-state index in [0.717, 1.165) is 6.42 Å². The number of rotatable bonds is 2. The minimum atomic E-state index is -1.04. The van der Waals surface area contributed by atoms with Gasteiger partial charge in [-0.05, 0) is 57.1 Å². The highest BCUT2D eigenvalue weighted by molar-refractivity contribution is 7.90. The molecule has 1 N–H and O–H groups in total. The Bertz CT molecular complexity index is 506. The van der Waals surface area contributed by atoms with Gasteiger partial charge < -0.3 is 4.55 Å². The summed E-state index contributed by atoms with van der Waals surface area (Å²) in [5.41, 5.74) is 2.72. The van der Waals surface area contributed by atoms with Crippen molar-refractivity contribution >= 4 is 11.4 Å². The molecule has 2 aliphatic rings. The summed E-state index contributed by atoms with van der Waals surface area (Å²) in [6.07, 6.45) is 9.29. The highest BCUT2D eigenvalue weighted by Gasteiger charge is 2.49. The fraction of sp³-hybridized carbons (Fsp3) is 0.706. The Balaban J connectivity index is 1.92. The van der Waals surface area contributed by atoms with Crippen LogP contribution in [-0.2, 0) is 17.8 Å². The van der Waals surface area contributed by atoms with Crippen LogP contribution in [0.2, 0.25) is 0 Å². The maximum Gasteiger partial charge on any atom is 0.136 e. The molecule has 0 saturated heterocycles. The lowest BCUT2D eigenvalue weighted by atomic mass is 9.70. The van der Waals surface area contributed by atoms with Crippen molar-refractivity contribution in [1.82, 2.24) is 9.71 Å². The third-order valence-corrected chi connectivity index (χ3v) is 6.56. The lowest BCUT2D eigenvalue weighted by molar-refractivity contribution is 0.152. The van der Waals surface area contributed by atoms with Crippen molar-refractivity contribution in [3.8, 4) is 0 Å². The van der Waals surface area contributed by atoms with Crippen molar-refractivity contribution in [2.45, 2.75) is 70.1 Å². The summed E-state index contributed by atoms with van der Waals surface area (Å²) >= 11 is -1.04. The van der Waals surface area contributed by atoms with Gasteiger partial charge >= 0.3 is 0 Å². The Morgan fingerprint density at radius 2 is 2.00 bits per heavy atom. The molecule has 0 radical (unpaired) electrons.